The first-order chi connectivity index (χ1) is 13.0. The van der Waals surface area contributed by atoms with Crippen LogP contribution in [0.25, 0.3) is 0 Å². The molecule has 1 aromatic heterocycles. The first-order valence-corrected chi connectivity index (χ1v) is 9.16. The summed E-state index contributed by atoms with van der Waals surface area (Å²) in [5.41, 5.74) is 0.796. The molecule has 2 aromatic rings. The second kappa shape index (κ2) is 6.81. The average molecular weight is 369 g/mol. The van der Waals surface area contributed by atoms with Gasteiger partial charge in [0.1, 0.15) is 18.0 Å². The lowest BCUT2D eigenvalue weighted by atomic mass is 9.85. The van der Waals surface area contributed by atoms with Crippen LogP contribution in [0, 0.1) is 6.92 Å². The maximum Gasteiger partial charge on any atom is 0.276 e. The zero-order valence-electron chi connectivity index (χ0n) is 15.6. The largest absolute Gasteiger partial charge is 0.361 e. The Morgan fingerprint density at radius 2 is 2.11 bits per heavy atom. The van der Waals surface area contributed by atoms with Gasteiger partial charge in [0.2, 0.25) is 5.91 Å². The van der Waals surface area contributed by atoms with Gasteiger partial charge in [-0.3, -0.25) is 9.59 Å². The van der Waals surface area contributed by atoms with Gasteiger partial charge in [-0.2, -0.15) is 0 Å². The lowest BCUT2D eigenvalue weighted by molar-refractivity contribution is -0.186. The number of piperidine rings is 1. The van der Waals surface area contributed by atoms with Gasteiger partial charge in [0.05, 0.1) is 12.6 Å². The number of rotatable bonds is 3. The molecule has 27 heavy (non-hydrogen) atoms. The third-order valence-corrected chi connectivity index (χ3v) is 5.43. The van der Waals surface area contributed by atoms with Crippen LogP contribution in [-0.2, 0) is 16.1 Å². The highest BCUT2D eigenvalue weighted by Gasteiger charge is 2.49. The van der Waals surface area contributed by atoms with E-state index >= 15 is 0 Å². The molecule has 2 amide bonds. The summed E-state index contributed by atoms with van der Waals surface area (Å²) in [7, 11) is 0. The van der Waals surface area contributed by atoms with Crippen molar-refractivity contribution >= 4 is 11.8 Å². The number of aryl methyl sites for hydroxylation is 1. The van der Waals surface area contributed by atoms with Crippen molar-refractivity contribution in [1.82, 2.24) is 15.0 Å². The van der Waals surface area contributed by atoms with Crippen molar-refractivity contribution in [3.63, 3.8) is 0 Å². The van der Waals surface area contributed by atoms with Gasteiger partial charge in [-0.1, -0.05) is 35.5 Å². The first-order valence-electron chi connectivity index (χ1n) is 9.16. The molecule has 0 saturated carbocycles. The standard InChI is InChI=1S/C20H23N3O4/c1-14-10-16(21-27-14)19(25)22-9-8-17-20(2,13-22)26-12-18(24)23(17)11-15-6-4-3-5-7-15/h3-7,10,17H,8-9,11-13H2,1-2H3/t17-,20-/m1/s1. The van der Waals surface area contributed by atoms with Crippen molar-refractivity contribution in [3.8, 4) is 0 Å². The molecule has 7 heteroatoms. The number of hydrogen-bond donors (Lipinski definition) is 0. The summed E-state index contributed by atoms with van der Waals surface area (Å²) in [5.74, 6) is 0.433. The molecule has 0 bridgehead atoms. The molecule has 0 aliphatic carbocycles. The number of likely N-dealkylation sites (tertiary alicyclic amines) is 1. The fourth-order valence-electron chi connectivity index (χ4n) is 4.04. The topological polar surface area (TPSA) is 75.9 Å². The maximum absolute atomic E-state index is 12.7. The van der Waals surface area contributed by atoms with Crippen molar-refractivity contribution in [1.29, 1.82) is 0 Å². The van der Waals surface area contributed by atoms with Gasteiger partial charge in [-0.15, -0.1) is 0 Å². The van der Waals surface area contributed by atoms with Crippen LogP contribution in [-0.4, -0.2) is 58.1 Å². The van der Waals surface area contributed by atoms with Crippen LogP contribution < -0.4 is 0 Å². The molecule has 0 spiro atoms. The number of morpholine rings is 1. The molecule has 142 valence electrons. The van der Waals surface area contributed by atoms with E-state index in [1.807, 2.05) is 42.2 Å². The highest BCUT2D eigenvalue weighted by molar-refractivity contribution is 5.92. The van der Waals surface area contributed by atoms with Gasteiger partial charge in [0, 0.05) is 19.2 Å². The number of hydrogen-bond acceptors (Lipinski definition) is 5. The van der Waals surface area contributed by atoms with Gasteiger partial charge in [0.15, 0.2) is 5.69 Å². The number of carbonyl (C=O) groups excluding carboxylic acids is 2. The molecule has 0 radical (unpaired) electrons. The maximum atomic E-state index is 12.7. The molecular weight excluding hydrogens is 346 g/mol. The van der Waals surface area contributed by atoms with Crippen LogP contribution in [0.1, 0.15) is 35.2 Å². The molecule has 7 nitrogen and oxygen atoms in total. The highest BCUT2D eigenvalue weighted by atomic mass is 16.5. The van der Waals surface area contributed by atoms with Crippen LogP contribution >= 0.6 is 0 Å². The van der Waals surface area contributed by atoms with E-state index in [0.29, 0.717) is 37.5 Å². The summed E-state index contributed by atoms with van der Waals surface area (Å²) >= 11 is 0. The zero-order valence-corrected chi connectivity index (χ0v) is 15.6. The molecule has 2 saturated heterocycles. The van der Waals surface area contributed by atoms with Crippen molar-refractivity contribution in [2.45, 2.75) is 38.5 Å². The summed E-state index contributed by atoms with van der Waals surface area (Å²) in [6.07, 6.45) is 0.664. The van der Waals surface area contributed by atoms with Gasteiger partial charge in [-0.05, 0) is 25.8 Å². The predicted octanol–water partition coefficient (Wildman–Crippen LogP) is 2.02. The van der Waals surface area contributed by atoms with E-state index < -0.39 is 5.60 Å². The number of aromatic nitrogens is 1. The highest BCUT2D eigenvalue weighted by Crippen LogP contribution is 2.34. The lowest BCUT2D eigenvalue weighted by Gasteiger charge is -2.52. The zero-order chi connectivity index (χ0) is 19.0. The molecule has 2 atom stereocenters. The molecule has 2 fully saturated rings. The number of fused-ring (bicyclic) bond motifs is 1. The summed E-state index contributed by atoms with van der Waals surface area (Å²) in [6, 6.07) is 11.5. The molecule has 2 aliphatic heterocycles. The Labute approximate surface area is 157 Å². The third-order valence-electron chi connectivity index (χ3n) is 5.43. The minimum absolute atomic E-state index is 0.00627. The number of amides is 2. The van der Waals surface area contributed by atoms with Crippen LogP contribution in [0.15, 0.2) is 40.9 Å². The van der Waals surface area contributed by atoms with Gasteiger partial charge >= 0.3 is 0 Å². The lowest BCUT2D eigenvalue weighted by Crippen LogP contribution is -2.67. The molecular formula is C20H23N3O4. The summed E-state index contributed by atoms with van der Waals surface area (Å²) in [6.45, 7) is 5.29. The molecule has 3 heterocycles. The molecule has 1 aromatic carbocycles. The molecule has 0 N–H and O–H groups in total. The Bertz CT molecular complexity index is 850. The Balaban J connectivity index is 1.52. The first kappa shape index (κ1) is 17.7. The summed E-state index contributed by atoms with van der Waals surface area (Å²) in [5, 5.41) is 3.83. The second-order valence-corrected chi connectivity index (χ2v) is 7.46. The van der Waals surface area contributed by atoms with E-state index in [4.69, 9.17) is 9.26 Å². The van der Waals surface area contributed by atoms with Gasteiger partial charge < -0.3 is 19.1 Å². The monoisotopic (exact) mass is 369 g/mol. The van der Waals surface area contributed by atoms with E-state index in [1.54, 1.807) is 17.9 Å². The summed E-state index contributed by atoms with van der Waals surface area (Å²) in [4.78, 5) is 28.9. The predicted molar refractivity (Wildman–Crippen MR) is 96.9 cm³/mol. The normalized spacial score (nSPS) is 25.4. The fraction of sp³-hybridized carbons (Fsp3) is 0.450. The molecule has 2 aliphatic rings. The van der Waals surface area contributed by atoms with E-state index in [1.165, 1.54) is 0 Å². The van der Waals surface area contributed by atoms with E-state index in [0.717, 1.165) is 5.56 Å². The van der Waals surface area contributed by atoms with Crippen LogP contribution in [0.4, 0.5) is 0 Å². The van der Waals surface area contributed by atoms with Crippen LogP contribution in [0.5, 0.6) is 0 Å². The van der Waals surface area contributed by atoms with Crippen LogP contribution in [0.3, 0.4) is 0 Å². The quantitative estimate of drug-likeness (QED) is 0.827. The fourth-order valence-corrected chi connectivity index (χ4v) is 4.04. The molecule has 4 rings (SSSR count). The Kier molecular flexibility index (Phi) is 4.47. The van der Waals surface area contributed by atoms with Crippen molar-refractivity contribution < 1.29 is 18.8 Å². The van der Waals surface area contributed by atoms with E-state index in [-0.39, 0.29) is 24.5 Å². The number of nitrogens with zero attached hydrogens (tertiary/aromatic N) is 3. The Morgan fingerprint density at radius 1 is 1.33 bits per heavy atom. The number of carbonyl (C=O) groups is 2. The number of benzene rings is 1. The van der Waals surface area contributed by atoms with Gasteiger partial charge in [-0.25, -0.2) is 0 Å². The SMILES string of the molecule is Cc1cc(C(=O)N2CC[C@H]3N(Cc4ccccc4)C(=O)CO[C@]3(C)C2)no1. The van der Waals surface area contributed by atoms with Crippen molar-refractivity contribution in [2.24, 2.45) is 0 Å². The number of ether oxygens (including phenoxy) is 1. The van der Waals surface area contributed by atoms with Crippen molar-refractivity contribution in [3.05, 3.63) is 53.4 Å². The van der Waals surface area contributed by atoms with E-state index in [9.17, 15) is 9.59 Å². The van der Waals surface area contributed by atoms with Crippen molar-refractivity contribution in [2.75, 3.05) is 19.7 Å². The van der Waals surface area contributed by atoms with Crippen LogP contribution in [0.2, 0.25) is 0 Å². The molecule has 0 unspecified atom stereocenters. The summed E-state index contributed by atoms with van der Waals surface area (Å²) < 4.78 is 11.0. The van der Waals surface area contributed by atoms with Gasteiger partial charge in [0.25, 0.3) is 5.91 Å². The van der Waals surface area contributed by atoms with E-state index in [2.05, 4.69) is 5.16 Å². The Hall–Kier alpha value is -2.67. The average Bonchev–Trinajstić information content (AvgIpc) is 3.10. The Morgan fingerprint density at radius 3 is 2.81 bits per heavy atom. The third kappa shape index (κ3) is 3.35. The smallest absolute Gasteiger partial charge is 0.276 e. The minimum atomic E-state index is -0.602. The minimum Gasteiger partial charge on any atom is -0.361 e. The second-order valence-electron chi connectivity index (χ2n) is 7.46.